The van der Waals surface area contributed by atoms with Gasteiger partial charge >= 0.3 is 13.8 Å². The molecule has 36 heavy (non-hydrogen) atoms. The Labute approximate surface area is 208 Å². The summed E-state index contributed by atoms with van der Waals surface area (Å²) in [7, 11) is -4.83. The van der Waals surface area contributed by atoms with Gasteiger partial charge in [-0.05, 0) is 32.1 Å². The first-order valence-corrected chi connectivity index (χ1v) is 12.4. The van der Waals surface area contributed by atoms with Gasteiger partial charge in [0.05, 0.1) is 18.1 Å². The number of anilines is 1. The summed E-state index contributed by atoms with van der Waals surface area (Å²) >= 11 is 0.610. The third-order valence-corrected chi connectivity index (χ3v) is 6.38. The Balaban J connectivity index is 2.47. The summed E-state index contributed by atoms with van der Waals surface area (Å²) in [5.74, 6) is -2.76. The molecule has 0 spiro atoms. The van der Waals surface area contributed by atoms with Crippen LogP contribution < -0.4 is 5.73 Å². The predicted molar refractivity (Wildman–Crippen MR) is 128 cm³/mol. The Morgan fingerprint density at radius 3 is 2.58 bits per heavy atom. The van der Waals surface area contributed by atoms with Crippen LogP contribution in [0.4, 0.5) is 14.6 Å². The van der Waals surface area contributed by atoms with Crippen LogP contribution >= 0.6 is 19.6 Å². The Kier molecular flexibility index (Phi) is 10.3. The van der Waals surface area contributed by atoms with Gasteiger partial charge in [-0.2, -0.15) is 0 Å². The number of carboxylic acid groups (broad SMARTS) is 1. The third kappa shape index (κ3) is 8.81. The lowest BCUT2D eigenvalue weighted by Gasteiger charge is -2.22. The van der Waals surface area contributed by atoms with E-state index in [1.807, 2.05) is 0 Å². The van der Waals surface area contributed by atoms with Crippen LogP contribution in [0.2, 0.25) is 0 Å². The molecule has 1 aromatic heterocycles. The van der Waals surface area contributed by atoms with Crippen molar-refractivity contribution in [2.24, 2.45) is 0 Å². The number of carboxylic acids is 1. The van der Waals surface area contributed by atoms with Crippen molar-refractivity contribution < 1.29 is 42.4 Å². The highest BCUT2D eigenvalue weighted by molar-refractivity contribution is 8.07. The van der Waals surface area contributed by atoms with Crippen LogP contribution in [-0.4, -0.2) is 48.7 Å². The number of halogens is 2. The van der Waals surface area contributed by atoms with Crippen molar-refractivity contribution in [2.75, 3.05) is 12.3 Å². The highest BCUT2D eigenvalue weighted by Gasteiger charge is 2.21. The molecule has 0 bridgehead atoms. The average molecular weight is 544 g/mol. The molecule has 0 saturated heterocycles. The zero-order valence-corrected chi connectivity index (χ0v) is 20.8. The van der Waals surface area contributed by atoms with Crippen LogP contribution in [0, 0.1) is 18.6 Å². The van der Waals surface area contributed by atoms with Gasteiger partial charge in [0, 0.05) is 40.4 Å². The lowest BCUT2D eigenvalue weighted by atomic mass is 10.2. The van der Waals surface area contributed by atoms with Gasteiger partial charge in [0.2, 0.25) is 6.41 Å². The number of allylic oxidation sites excluding steroid dienone is 1. The summed E-state index contributed by atoms with van der Waals surface area (Å²) in [6.07, 6.45) is 2.62. The quantitative estimate of drug-likeness (QED) is 0.175. The van der Waals surface area contributed by atoms with Crippen LogP contribution in [0.1, 0.15) is 30.3 Å². The molecule has 0 aliphatic rings. The molecular formula is C21H23F2N4O7PS. The fourth-order valence-electron chi connectivity index (χ4n) is 2.80. The van der Waals surface area contributed by atoms with Crippen LogP contribution in [0.5, 0.6) is 0 Å². The van der Waals surface area contributed by atoms with Crippen molar-refractivity contribution in [3.63, 3.8) is 0 Å². The zero-order chi connectivity index (χ0) is 27.0. The number of rotatable bonds is 12. The number of aliphatic carboxylic acids is 1. The van der Waals surface area contributed by atoms with Gasteiger partial charge in [0.1, 0.15) is 23.3 Å². The first-order chi connectivity index (χ1) is 16.8. The molecule has 1 amide bonds. The van der Waals surface area contributed by atoms with E-state index in [1.54, 1.807) is 6.92 Å². The van der Waals surface area contributed by atoms with E-state index in [0.717, 1.165) is 18.2 Å². The minimum atomic E-state index is -4.83. The molecule has 0 unspecified atom stereocenters. The van der Waals surface area contributed by atoms with Crippen molar-refractivity contribution in [1.82, 2.24) is 14.9 Å². The average Bonchev–Trinajstić information content (AvgIpc) is 2.77. The molecule has 0 atom stereocenters. The molecular weight excluding hydrogens is 521 g/mol. The lowest BCUT2D eigenvalue weighted by molar-refractivity contribution is -0.131. The molecule has 11 nitrogen and oxygen atoms in total. The molecule has 2 aromatic rings. The van der Waals surface area contributed by atoms with Gasteiger partial charge in [-0.1, -0.05) is 11.8 Å². The van der Waals surface area contributed by atoms with Gasteiger partial charge in [-0.25, -0.2) is 28.1 Å². The molecule has 0 aliphatic carbocycles. The molecule has 2 rings (SSSR count). The first-order valence-electron chi connectivity index (χ1n) is 10.1. The summed E-state index contributed by atoms with van der Waals surface area (Å²) < 4.78 is 42.9. The summed E-state index contributed by atoms with van der Waals surface area (Å²) in [5, 5.41) is 9.68. The fourth-order valence-corrected chi connectivity index (χ4v) is 4.12. The number of aryl methyl sites for hydroxylation is 1. The molecule has 15 heteroatoms. The number of carbonyl (C=O) groups excluding carboxylic acids is 1. The Bertz CT molecular complexity index is 1250. The zero-order valence-electron chi connectivity index (χ0n) is 19.1. The van der Waals surface area contributed by atoms with Gasteiger partial charge in [0.15, 0.2) is 0 Å². The summed E-state index contributed by atoms with van der Waals surface area (Å²) in [4.78, 5) is 50.7. The molecule has 0 radical (unpaired) electrons. The second-order valence-electron chi connectivity index (χ2n) is 7.23. The third-order valence-electron chi connectivity index (χ3n) is 4.60. The second kappa shape index (κ2) is 12.7. The highest BCUT2D eigenvalue weighted by Crippen LogP contribution is 2.39. The number of nitrogen functional groups attached to an aromatic ring is 1. The number of hydrogen-bond donors (Lipinski definition) is 4. The van der Waals surface area contributed by atoms with Crippen molar-refractivity contribution >= 4 is 43.9 Å². The minimum Gasteiger partial charge on any atom is -0.477 e. The number of nitrogens with two attached hydrogens (primary N) is 1. The maximum Gasteiger partial charge on any atom is 0.469 e. The van der Waals surface area contributed by atoms with E-state index < -0.39 is 36.9 Å². The van der Waals surface area contributed by atoms with Crippen molar-refractivity contribution in [1.29, 1.82) is 0 Å². The molecule has 0 aliphatic heterocycles. The fraction of sp³-hybridized carbons (Fsp3) is 0.238. The number of carbonyl (C=O) groups is 2. The summed E-state index contributed by atoms with van der Waals surface area (Å²) in [5.41, 5.74) is 6.28. The molecule has 1 aromatic carbocycles. The van der Waals surface area contributed by atoms with Crippen molar-refractivity contribution in [3.8, 4) is 0 Å². The number of phosphoric acid groups is 1. The van der Waals surface area contributed by atoms with Crippen LogP contribution in [0.15, 0.2) is 39.9 Å². The maximum absolute atomic E-state index is 14.1. The van der Waals surface area contributed by atoms with E-state index in [2.05, 4.69) is 14.5 Å². The molecule has 0 fully saturated rings. The van der Waals surface area contributed by atoms with E-state index in [1.165, 1.54) is 18.0 Å². The normalized spacial score (nSPS) is 12.8. The first kappa shape index (κ1) is 29.1. The molecule has 194 valence electrons. The molecule has 0 saturated carbocycles. The SMILES string of the molecule is C/C(=C(\CCOP(=O)(O)O)S/C(=C/c1ccc(F)cc1F)C(=O)O)N(C=O)Cc1cnc(C)nc1N. The van der Waals surface area contributed by atoms with E-state index >= 15 is 0 Å². The van der Waals surface area contributed by atoms with Crippen LogP contribution in [-0.2, 0) is 25.2 Å². The number of benzene rings is 1. The number of nitrogens with zero attached hydrogens (tertiary/aromatic N) is 3. The monoisotopic (exact) mass is 544 g/mol. The summed E-state index contributed by atoms with van der Waals surface area (Å²) in [6, 6.07) is 2.60. The van der Waals surface area contributed by atoms with E-state index in [-0.39, 0.29) is 34.9 Å². The minimum absolute atomic E-state index is 0.0937. The van der Waals surface area contributed by atoms with Gasteiger partial charge in [-0.3, -0.25) is 9.32 Å². The molecule has 5 N–H and O–H groups in total. The van der Waals surface area contributed by atoms with E-state index in [9.17, 15) is 28.0 Å². The van der Waals surface area contributed by atoms with Gasteiger partial charge in [0.25, 0.3) is 0 Å². The number of amides is 1. The number of thioether (sulfide) groups is 1. The Morgan fingerprint density at radius 1 is 1.33 bits per heavy atom. The summed E-state index contributed by atoms with van der Waals surface area (Å²) in [6.45, 7) is 2.48. The smallest absolute Gasteiger partial charge is 0.469 e. The Hall–Kier alpha value is -3.16. The van der Waals surface area contributed by atoms with Crippen molar-refractivity contribution in [2.45, 2.75) is 26.8 Å². The van der Waals surface area contributed by atoms with Gasteiger partial charge in [-0.15, -0.1) is 0 Å². The number of phosphoric ester groups is 1. The van der Waals surface area contributed by atoms with Gasteiger partial charge < -0.3 is 25.5 Å². The standard InChI is InChI=1S/C21H23F2N4O7PS/c1-12(27(11-28)10-15-9-25-13(2)26-20(15)24)18(5-6-34-35(31,32)33)36-19(21(29)30)7-14-3-4-16(22)8-17(14)23/h3-4,7-9,11H,5-6,10H2,1-2H3,(H,29,30)(H2,24,25,26)(H2,31,32,33)/b18-12-,19-7+. The Morgan fingerprint density at radius 2 is 2.03 bits per heavy atom. The van der Waals surface area contributed by atoms with Crippen molar-refractivity contribution in [3.05, 3.63) is 68.5 Å². The maximum atomic E-state index is 14.1. The lowest BCUT2D eigenvalue weighted by Crippen LogP contribution is -2.22. The second-order valence-corrected chi connectivity index (χ2v) is 9.60. The topological polar surface area (TPSA) is 176 Å². The van der Waals surface area contributed by atoms with E-state index in [0.29, 0.717) is 35.6 Å². The van der Waals surface area contributed by atoms with E-state index in [4.69, 9.17) is 15.5 Å². The highest BCUT2D eigenvalue weighted by atomic mass is 32.2. The molecule has 1 heterocycles. The largest absolute Gasteiger partial charge is 0.477 e. The number of hydrogen-bond acceptors (Lipinski definition) is 8. The predicted octanol–water partition coefficient (Wildman–Crippen LogP) is 3.19. The van der Waals surface area contributed by atoms with Crippen LogP contribution in [0.3, 0.4) is 0 Å². The number of aromatic nitrogens is 2. The van der Waals surface area contributed by atoms with Crippen LogP contribution in [0.25, 0.3) is 6.08 Å².